The quantitative estimate of drug-likeness (QED) is 0.840. The summed E-state index contributed by atoms with van der Waals surface area (Å²) in [6.07, 6.45) is 2.24. The van der Waals surface area contributed by atoms with Crippen molar-refractivity contribution in [2.24, 2.45) is 0 Å². The molecule has 0 amide bonds. The van der Waals surface area contributed by atoms with E-state index >= 15 is 0 Å². The van der Waals surface area contributed by atoms with Gasteiger partial charge in [0.05, 0.1) is 13.2 Å². The third-order valence-corrected chi connectivity index (χ3v) is 3.67. The molecule has 0 spiro atoms. The number of nitrogens with one attached hydrogen (secondary N) is 1. The molecule has 0 aromatic heterocycles. The summed E-state index contributed by atoms with van der Waals surface area (Å²) in [6.45, 7) is 4.95. The lowest BCUT2D eigenvalue weighted by atomic mass is 10.1. The third kappa shape index (κ3) is 3.64. The Kier molecular flexibility index (Phi) is 5.26. The monoisotopic (exact) mass is 279 g/mol. The van der Waals surface area contributed by atoms with Crippen LogP contribution in [0.25, 0.3) is 0 Å². The highest BCUT2D eigenvalue weighted by Crippen LogP contribution is 2.34. The van der Waals surface area contributed by atoms with Crippen LogP contribution in [0.2, 0.25) is 0 Å². The Morgan fingerprint density at radius 1 is 1.35 bits per heavy atom. The van der Waals surface area contributed by atoms with E-state index in [-0.39, 0.29) is 12.2 Å². The van der Waals surface area contributed by atoms with E-state index in [2.05, 4.69) is 19.2 Å². The smallest absolute Gasteiger partial charge is 0.166 e. The van der Waals surface area contributed by atoms with Crippen LogP contribution >= 0.6 is 0 Å². The first-order valence-corrected chi connectivity index (χ1v) is 7.35. The van der Waals surface area contributed by atoms with Gasteiger partial charge in [0.2, 0.25) is 0 Å². The van der Waals surface area contributed by atoms with Gasteiger partial charge in [-0.3, -0.25) is 0 Å². The van der Waals surface area contributed by atoms with Gasteiger partial charge < -0.3 is 19.9 Å². The second kappa shape index (κ2) is 6.95. The number of rotatable bonds is 6. The van der Waals surface area contributed by atoms with E-state index in [1.54, 1.807) is 7.11 Å². The van der Waals surface area contributed by atoms with E-state index in [1.165, 1.54) is 0 Å². The van der Waals surface area contributed by atoms with Crippen LogP contribution < -0.4 is 14.8 Å². The predicted molar refractivity (Wildman–Crippen MR) is 79.2 cm³/mol. The molecular formula is C16H25NO3. The van der Waals surface area contributed by atoms with E-state index in [4.69, 9.17) is 9.47 Å². The van der Waals surface area contributed by atoms with Gasteiger partial charge in [0.1, 0.15) is 6.10 Å². The Labute approximate surface area is 121 Å². The molecule has 0 saturated heterocycles. The second-order valence-corrected chi connectivity index (χ2v) is 5.64. The molecule has 1 saturated carbocycles. The van der Waals surface area contributed by atoms with Gasteiger partial charge >= 0.3 is 0 Å². The van der Waals surface area contributed by atoms with E-state index in [0.717, 1.165) is 42.9 Å². The Morgan fingerprint density at radius 2 is 2.15 bits per heavy atom. The topological polar surface area (TPSA) is 50.7 Å². The van der Waals surface area contributed by atoms with Crippen LogP contribution in [0.3, 0.4) is 0 Å². The fourth-order valence-electron chi connectivity index (χ4n) is 2.50. The predicted octanol–water partition coefficient (Wildman–Crippen LogP) is 2.49. The molecule has 0 radical (unpaired) electrons. The van der Waals surface area contributed by atoms with Crippen molar-refractivity contribution < 1.29 is 14.6 Å². The zero-order chi connectivity index (χ0) is 14.5. The van der Waals surface area contributed by atoms with Crippen molar-refractivity contribution in [3.63, 3.8) is 0 Å². The van der Waals surface area contributed by atoms with Crippen molar-refractivity contribution in [2.45, 2.75) is 57.9 Å². The van der Waals surface area contributed by atoms with Crippen molar-refractivity contribution in [1.29, 1.82) is 0 Å². The number of ether oxygens (including phenoxy) is 2. The molecule has 1 aliphatic carbocycles. The van der Waals surface area contributed by atoms with Gasteiger partial charge in [-0.05, 0) is 25.3 Å². The Hall–Kier alpha value is -1.26. The number of benzene rings is 1. The van der Waals surface area contributed by atoms with Gasteiger partial charge in [0.15, 0.2) is 11.5 Å². The Balaban J connectivity index is 2.18. The van der Waals surface area contributed by atoms with E-state index in [9.17, 15) is 5.11 Å². The van der Waals surface area contributed by atoms with Gasteiger partial charge in [-0.15, -0.1) is 0 Å². The molecule has 1 aromatic carbocycles. The molecule has 2 unspecified atom stereocenters. The van der Waals surface area contributed by atoms with Crippen molar-refractivity contribution in [3.8, 4) is 11.5 Å². The highest BCUT2D eigenvalue weighted by molar-refractivity contribution is 5.46. The highest BCUT2D eigenvalue weighted by Gasteiger charge is 2.28. The first-order valence-electron chi connectivity index (χ1n) is 7.35. The molecule has 1 aliphatic rings. The standard InChI is InChI=1S/C16H25NO3/c1-11(2)17-10-12-6-4-9-15(19-3)16(12)20-14-8-5-7-13(14)18/h4,6,9,11,13-14,17-18H,5,7-8,10H2,1-3H3. The molecule has 2 N–H and O–H groups in total. The molecule has 2 atom stereocenters. The summed E-state index contributed by atoms with van der Waals surface area (Å²) in [4.78, 5) is 0. The molecule has 2 rings (SSSR count). The minimum atomic E-state index is -0.370. The molecule has 20 heavy (non-hydrogen) atoms. The van der Waals surface area contributed by atoms with E-state index in [0.29, 0.717) is 6.04 Å². The van der Waals surface area contributed by atoms with E-state index < -0.39 is 0 Å². The fraction of sp³-hybridized carbons (Fsp3) is 0.625. The van der Waals surface area contributed by atoms with Crippen LogP contribution in [0.1, 0.15) is 38.7 Å². The van der Waals surface area contributed by atoms with Gasteiger partial charge in [-0.1, -0.05) is 26.0 Å². The number of hydrogen-bond acceptors (Lipinski definition) is 4. The lowest BCUT2D eigenvalue weighted by molar-refractivity contribution is 0.0579. The zero-order valence-electron chi connectivity index (χ0n) is 12.6. The summed E-state index contributed by atoms with van der Waals surface area (Å²) in [5, 5.41) is 13.3. The summed E-state index contributed by atoms with van der Waals surface area (Å²) >= 11 is 0. The maximum Gasteiger partial charge on any atom is 0.166 e. The maximum absolute atomic E-state index is 9.94. The summed E-state index contributed by atoms with van der Waals surface area (Å²) in [7, 11) is 1.65. The number of aliphatic hydroxyl groups excluding tert-OH is 1. The first-order chi connectivity index (χ1) is 9.61. The van der Waals surface area contributed by atoms with Crippen LogP contribution in [0.15, 0.2) is 18.2 Å². The number of aliphatic hydroxyl groups is 1. The summed E-state index contributed by atoms with van der Waals surface area (Å²) < 4.78 is 11.5. The van der Waals surface area contributed by atoms with Crippen molar-refractivity contribution in [1.82, 2.24) is 5.32 Å². The minimum Gasteiger partial charge on any atom is -0.493 e. The van der Waals surface area contributed by atoms with Gasteiger partial charge in [0, 0.05) is 18.2 Å². The molecule has 1 aromatic rings. The highest BCUT2D eigenvalue weighted by atomic mass is 16.5. The van der Waals surface area contributed by atoms with Crippen LogP contribution in [-0.4, -0.2) is 30.5 Å². The lowest BCUT2D eigenvalue weighted by Crippen LogP contribution is -2.27. The lowest BCUT2D eigenvalue weighted by Gasteiger charge is -2.22. The number of para-hydroxylation sites is 1. The molecular weight excluding hydrogens is 254 g/mol. The molecule has 0 bridgehead atoms. The van der Waals surface area contributed by atoms with Crippen LogP contribution in [-0.2, 0) is 6.54 Å². The van der Waals surface area contributed by atoms with Crippen molar-refractivity contribution >= 4 is 0 Å². The number of hydrogen-bond donors (Lipinski definition) is 2. The molecule has 4 heteroatoms. The van der Waals surface area contributed by atoms with Crippen molar-refractivity contribution in [3.05, 3.63) is 23.8 Å². The molecule has 1 fully saturated rings. The van der Waals surface area contributed by atoms with Gasteiger partial charge in [0.25, 0.3) is 0 Å². The van der Waals surface area contributed by atoms with Crippen LogP contribution in [0, 0.1) is 0 Å². The summed E-state index contributed by atoms with van der Waals surface area (Å²) in [6, 6.07) is 6.31. The molecule has 0 heterocycles. The SMILES string of the molecule is COc1cccc(CNC(C)C)c1OC1CCCC1O. The average Bonchev–Trinajstić information content (AvgIpc) is 2.83. The zero-order valence-corrected chi connectivity index (χ0v) is 12.6. The van der Waals surface area contributed by atoms with Gasteiger partial charge in [-0.25, -0.2) is 0 Å². The fourth-order valence-corrected chi connectivity index (χ4v) is 2.50. The second-order valence-electron chi connectivity index (χ2n) is 5.64. The minimum absolute atomic E-state index is 0.121. The maximum atomic E-state index is 9.94. The molecule has 112 valence electrons. The average molecular weight is 279 g/mol. The molecule has 4 nitrogen and oxygen atoms in total. The van der Waals surface area contributed by atoms with Gasteiger partial charge in [-0.2, -0.15) is 0 Å². The Morgan fingerprint density at radius 3 is 2.75 bits per heavy atom. The first kappa shape index (κ1) is 15.1. The normalized spacial score (nSPS) is 22.2. The third-order valence-electron chi connectivity index (χ3n) is 3.67. The molecule has 0 aliphatic heterocycles. The Bertz CT molecular complexity index is 434. The number of methoxy groups -OCH3 is 1. The summed E-state index contributed by atoms with van der Waals surface area (Å²) in [5.74, 6) is 1.49. The summed E-state index contributed by atoms with van der Waals surface area (Å²) in [5.41, 5.74) is 1.07. The van der Waals surface area contributed by atoms with E-state index in [1.807, 2.05) is 18.2 Å². The largest absolute Gasteiger partial charge is 0.493 e. The van der Waals surface area contributed by atoms with Crippen molar-refractivity contribution in [2.75, 3.05) is 7.11 Å². The van der Waals surface area contributed by atoms with Crippen LogP contribution in [0.5, 0.6) is 11.5 Å². The van der Waals surface area contributed by atoms with Crippen LogP contribution in [0.4, 0.5) is 0 Å².